The summed E-state index contributed by atoms with van der Waals surface area (Å²) in [4.78, 5) is 3.01. The first kappa shape index (κ1) is 18.1. The van der Waals surface area contributed by atoms with Crippen LogP contribution in [0.4, 0.5) is 0 Å². The Morgan fingerprint density at radius 3 is 2.33 bits per heavy atom. The summed E-state index contributed by atoms with van der Waals surface area (Å²) in [5.41, 5.74) is 1.42. The Labute approximate surface area is 148 Å². The van der Waals surface area contributed by atoms with Gasteiger partial charge in [0.25, 0.3) is 0 Å². The van der Waals surface area contributed by atoms with Crippen molar-refractivity contribution in [3.63, 3.8) is 0 Å². The molecule has 124 valence electrons. The summed E-state index contributed by atoms with van der Waals surface area (Å²) in [7, 11) is 1.85. The molecule has 0 fully saturated rings. The summed E-state index contributed by atoms with van der Waals surface area (Å²) in [6, 6.07) is 21.7. The first-order valence-electron chi connectivity index (χ1n) is 7.87. The number of nitrogens with zero attached hydrogens (tertiary/aromatic N) is 2. The highest BCUT2D eigenvalue weighted by Crippen LogP contribution is 2.23. The molecule has 0 saturated heterocycles. The van der Waals surface area contributed by atoms with E-state index in [1.165, 1.54) is 4.90 Å². The highest BCUT2D eigenvalue weighted by Gasteiger charge is 2.21. The van der Waals surface area contributed by atoms with Crippen molar-refractivity contribution in [2.24, 2.45) is 0 Å². The van der Waals surface area contributed by atoms with E-state index in [1.54, 1.807) is 11.8 Å². The zero-order valence-corrected chi connectivity index (χ0v) is 14.8. The van der Waals surface area contributed by atoms with E-state index in [1.807, 2.05) is 73.5 Å². The summed E-state index contributed by atoms with van der Waals surface area (Å²) < 4.78 is 0. The van der Waals surface area contributed by atoms with Gasteiger partial charge in [0.05, 0.1) is 12.1 Å². The minimum atomic E-state index is -0.644. The molecule has 0 aliphatic rings. The number of aliphatic hydroxyl groups excluding tert-OH is 1. The van der Waals surface area contributed by atoms with Crippen molar-refractivity contribution in [2.45, 2.75) is 24.0 Å². The fourth-order valence-corrected chi connectivity index (χ4v) is 3.15. The minimum Gasteiger partial charge on any atom is -0.386 e. The number of benzene rings is 2. The van der Waals surface area contributed by atoms with Crippen LogP contribution in [-0.2, 0) is 0 Å². The van der Waals surface area contributed by atoms with Gasteiger partial charge in [0.15, 0.2) is 0 Å². The first-order valence-corrected chi connectivity index (χ1v) is 8.86. The molecule has 0 radical (unpaired) electrons. The van der Waals surface area contributed by atoms with Gasteiger partial charge in [-0.15, -0.1) is 11.8 Å². The van der Waals surface area contributed by atoms with E-state index in [-0.39, 0.29) is 6.04 Å². The van der Waals surface area contributed by atoms with Gasteiger partial charge in [0, 0.05) is 17.7 Å². The molecule has 0 saturated carbocycles. The molecule has 0 aliphatic heterocycles. The van der Waals surface area contributed by atoms with Crippen molar-refractivity contribution in [1.29, 1.82) is 5.26 Å². The molecule has 3 nitrogen and oxygen atoms in total. The molecule has 0 aliphatic carbocycles. The highest BCUT2D eigenvalue weighted by molar-refractivity contribution is 7.99. The van der Waals surface area contributed by atoms with Crippen LogP contribution in [0.3, 0.4) is 0 Å². The second-order valence-electron chi connectivity index (χ2n) is 5.53. The van der Waals surface area contributed by atoms with Crippen molar-refractivity contribution in [3.05, 3.63) is 78.0 Å². The molecule has 0 heterocycles. The zero-order chi connectivity index (χ0) is 17.4. The Hall–Kier alpha value is -2.22. The van der Waals surface area contributed by atoms with Gasteiger partial charge in [-0.05, 0) is 30.7 Å². The van der Waals surface area contributed by atoms with Crippen LogP contribution in [0.25, 0.3) is 0 Å². The van der Waals surface area contributed by atoms with Gasteiger partial charge in [-0.2, -0.15) is 5.26 Å². The summed E-state index contributed by atoms with van der Waals surface area (Å²) in [6.07, 6.45) is 1.26. The Morgan fingerprint density at radius 2 is 1.75 bits per heavy atom. The van der Waals surface area contributed by atoms with E-state index in [2.05, 4.69) is 18.2 Å². The molecule has 0 aromatic heterocycles. The number of aliphatic hydroxyl groups is 1. The molecule has 0 bridgehead atoms. The van der Waals surface area contributed by atoms with Gasteiger partial charge in [-0.1, -0.05) is 48.5 Å². The maximum absolute atomic E-state index is 10.5. The van der Waals surface area contributed by atoms with Crippen LogP contribution < -0.4 is 0 Å². The molecule has 2 unspecified atom stereocenters. The molecule has 1 N–H and O–H groups in total. The number of hydrogen-bond acceptors (Lipinski definition) is 4. The molecule has 24 heavy (non-hydrogen) atoms. The average Bonchev–Trinajstić information content (AvgIpc) is 2.65. The summed E-state index contributed by atoms with van der Waals surface area (Å²) in [6.45, 7) is 1.92. The fourth-order valence-electron chi connectivity index (χ4n) is 2.36. The number of likely N-dealkylation sites (N-methyl/N-ethyl adjacent to an activating group) is 1. The molecular formula is C20H22N2OS. The van der Waals surface area contributed by atoms with E-state index in [9.17, 15) is 10.4 Å². The van der Waals surface area contributed by atoms with Crippen LogP contribution in [0.5, 0.6) is 0 Å². The largest absolute Gasteiger partial charge is 0.386 e. The van der Waals surface area contributed by atoms with Gasteiger partial charge in [0.2, 0.25) is 0 Å². The van der Waals surface area contributed by atoms with Crippen molar-refractivity contribution < 1.29 is 5.11 Å². The molecule has 4 heteroatoms. The molecule has 2 atom stereocenters. The van der Waals surface area contributed by atoms with Crippen LogP contribution in [0, 0.1) is 11.3 Å². The minimum absolute atomic E-state index is 0.194. The van der Waals surface area contributed by atoms with Gasteiger partial charge in [-0.3, -0.25) is 0 Å². The summed E-state index contributed by atoms with van der Waals surface area (Å²) in [5.74, 6) is 0.714. The van der Waals surface area contributed by atoms with E-state index in [4.69, 9.17) is 0 Å². The monoisotopic (exact) mass is 338 g/mol. The third kappa shape index (κ3) is 4.89. The lowest BCUT2D eigenvalue weighted by atomic mass is 10.0. The SMILES string of the molecule is CC(C(O)c1ccccc1)N(C)/C(C#N)=C/CSc1ccccc1. The first-order chi connectivity index (χ1) is 11.6. The summed E-state index contributed by atoms with van der Waals surface area (Å²) >= 11 is 1.68. The topological polar surface area (TPSA) is 47.3 Å². The molecule has 0 spiro atoms. The van der Waals surface area contributed by atoms with Crippen molar-refractivity contribution in [2.75, 3.05) is 12.8 Å². The lowest BCUT2D eigenvalue weighted by molar-refractivity contribution is 0.0912. The van der Waals surface area contributed by atoms with Gasteiger partial charge < -0.3 is 10.0 Å². The van der Waals surface area contributed by atoms with E-state index < -0.39 is 6.10 Å². The second kappa shape index (κ2) is 9.17. The maximum Gasteiger partial charge on any atom is 0.117 e. The Morgan fingerprint density at radius 1 is 1.17 bits per heavy atom. The van der Waals surface area contributed by atoms with Gasteiger partial charge >= 0.3 is 0 Å². The Bertz CT molecular complexity index is 695. The number of thioether (sulfide) groups is 1. The predicted octanol–water partition coefficient (Wildman–Crippen LogP) is 4.24. The lowest BCUT2D eigenvalue weighted by Crippen LogP contribution is -2.33. The molecule has 0 amide bonds. The number of rotatable bonds is 7. The van der Waals surface area contributed by atoms with Crippen LogP contribution in [-0.4, -0.2) is 28.8 Å². The van der Waals surface area contributed by atoms with Gasteiger partial charge in [0.1, 0.15) is 11.8 Å². The predicted molar refractivity (Wildman–Crippen MR) is 99.5 cm³/mol. The average molecular weight is 338 g/mol. The zero-order valence-electron chi connectivity index (χ0n) is 14.0. The number of hydrogen-bond donors (Lipinski definition) is 1. The highest BCUT2D eigenvalue weighted by atomic mass is 32.2. The quantitative estimate of drug-likeness (QED) is 0.606. The third-order valence-electron chi connectivity index (χ3n) is 3.97. The molecular weight excluding hydrogens is 316 g/mol. The molecule has 2 aromatic carbocycles. The smallest absolute Gasteiger partial charge is 0.117 e. The van der Waals surface area contributed by atoms with Crippen LogP contribution in [0.15, 0.2) is 77.3 Å². The van der Waals surface area contributed by atoms with Crippen LogP contribution in [0.2, 0.25) is 0 Å². The Kier molecular flexibility index (Phi) is 6.92. The van der Waals surface area contributed by atoms with Crippen LogP contribution >= 0.6 is 11.8 Å². The van der Waals surface area contributed by atoms with Crippen molar-refractivity contribution in [1.82, 2.24) is 4.90 Å². The third-order valence-corrected chi connectivity index (χ3v) is 4.91. The molecule has 2 rings (SSSR count). The van der Waals surface area contributed by atoms with Crippen LogP contribution in [0.1, 0.15) is 18.6 Å². The number of nitriles is 1. The van der Waals surface area contributed by atoms with E-state index >= 15 is 0 Å². The normalized spacial score (nSPS) is 13.8. The fraction of sp³-hybridized carbons (Fsp3) is 0.250. The van der Waals surface area contributed by atoms with Crippen molar-refractivity contribution >= 4 is 11.8 Å². The second-order valence-corrected chi connectivity index (χ2v) is 6.63. The van der Waals surface area contributed by atoms with E-state index in [0.29, 0.717) is 11.4 Å². The van der Waals surface area contributed by atoms with Crippen molar-refractivity contribution in [3.8, 4) is 6.07 Å². The maximum atomic E-state index is 10.5. The van der Waals surface area contributed by atoms with E-state index in [0.717, 1.165) is 5.56 Å². The molecule has 2 aromatic rings. The number of allylic oxidation sites excluding steroid dienone is 1. The lowest BCUT2D eigenvalue weighted by Gasteiger charge is -2.30. The summed E-state index contributed by atoms with van der Waals surface area (Å²) in [5, 5.41) is 20.0. The van der Waals surface area contributed by atoms with Gasteiger partial charge in [-0.25, -0.2) is 0 Å². The Balaban J connectivity index is 2.00. The standard InChI is InChI=1S/C20H22N2OS/c1-16(20(23)17-9-5-3-6-10-17)22(2)18(15-21)13-14-24-19-11-7-4-8-12-19/h3-13,16,20,23H,14H2,1-2H3/b18-13+.